The third-order valence-electron chi connectivity index (χ3n) is 4.29. The molecule has 1 aliphatic rings. The minimum absolute atomic E-state index is 0.250. The number of hydrogen-bond donors (Lipinski definition) is 1. The van der Waals surface area contributed by atoms with Crippen LogP contribution >= 0.6 is 0 Å². The summed E-state index contributed by atoms with van der Waals surface area (Å²) in [6.07, 6.45) is 1.27. The number of carbonyl (C=O) groups is 1. The van der Waals surface area contributed by atoms with Gasteiger partial charge in [0.1, 0.15) is 11.4 Å². The fourth-order valence-corrected chi connectivity index (χ4v) is 2.98. The van der Waals surface area contributed by atoms with Crippen LogP contribution in [-0.4, -0.2) is 43.2 Å². The van der Waals surface area contributed by atoms with Gasteiger partial charge in [-0.1, -0.05) is 0 Å². The summed E-state index contributed by atoms with van der Waals surface area (Å²) in [4.78, 5) is 14.5. The van der Waals surface area contributed by atoms with Crippen LogP contribution < -0.4 is 5.32 Å². The Morgan fingerprint density at radius 3 is 2.76 bits per heavy atom. The van der Waals surface area contributed by atoms with Crippen LogP contribution in [0.25, 0.3) is 0 Å². The highest BCUT2D eigenvalue weighted by Crippen LogP contribution is 2.31. The fourth-order valence-electron chi connectivity index (χ4n) is 2.98. The van der Waals surface area contributed by atoms with E-state index in [1.807, 2.05) is 20.0 Å². The van der Waals surface area contributed by atoms with E-state index in [0.717, 1.165) is 12.1 Å². The van der Waals surface area contributed by atoms with E-state index >= 15 is 0 Å². The third kappa shape index (κ3) is 3.35. The Morgan fingerprint density at radius 1 is 1.48 bits per heavy atom. The van der Waals surface area contributed by atoms with Crippen molar-refractivity contribution in [3.63, 3.8) is 0 Å². The molecule has 1 aliphatic heterocycles. The summed E-state index contributed by atoms with van der Waals surface area (Å²) < 4.78 is 18.6. The molecule has 5 heteroatoms. The number of piperidine rings is 1. The molecule has 1 aromatic rings. The molecule has 1 N–H and O–H groups in total. The van der Waals surface area contributed by atoms with Gasteiger partial charge in [-0.2, -0.15) is 0 Å². The SMILES string of the molecule is COC(=O)C1(Nc2cc(C)cc(F)c2)CCN(C)C(C)C1. The number of aryl methyl sites for hydroxylation is 1. The predicted octanol–water partition coefficient (Wildman–Crippen LogP) is 2.57. The average Bonchev–Trinajstić information content (AvgIpc) is 2.41. The van der Waals surface area contributed by atoms with Gasteiger partial charge < -0.3 is 15.0 Å². The molecule has 0 radical (unpaired) electrons. The van der Waals surface area contributed by atoms with E-state index in [0.29, 0.717) is 18.5 Å². The molecule has 0 spiro atoms. The van der Waals surface area contributed by atoms with E-state index in [1.54, 1.807) is 0 Å². The highest BCUT2D eigenvalue weighted by Gasteiger charge is 2.44. The van der Waals surface area contributed by atoms with Crippen molar-refractivity contribution in [2.45, 2.75) is 38.3 Å². The van der Waals surface area contributed by atoms with Crippen molar-refractivity contribution in [3.05, 3.63) is 29.6 Å². The number of ether oxygens (including phenoxy) is 1. The molecule has 21 heavy (non-hydrogen) atoms. The second kappa shape index (κ2) is 6.02. The van der Waals surface area contributed by atoms with E-state index in [9.17, 15) is 9.18 Å². The Morgan fingerprint density at radius 2 is 2.19 bits per heavy atom. The van der Waals surface area contributed by atoms with Gasteiger partial charge in [0.25, 0.3) is 0 Å². The van der Waals surface area contributed by atoms with Crippen LogP contribution in [0.5, 0.6) is 0 Å². The Bertz CT molecular complexity index is 515. The van der Waals surface area contributed by atoms with Gasteiger partial charge in [-0.15, -0.1) is 0 Å². The number of methoxy groups -OCH3 is 1. The van der Waals surface area contributed by atoms with Crippen molar-refractivity contribution in [1.29, 1.82) is 0 Å². The second-order valence-corrected chi connectivity index (χ2v) is 6.00. The Kier molecular flexibility index (Phi) is 4.52. The Balaban J connectivity index is 2.30. The molecule has 1 heterocycles. The molecule has 0 bridgehead atoms. The summed E-state index contributed by atoms with van der Waals surface area (Å²) >= 11 is 0. The lowest BCUT2D eigenvalue weighted by Crippen LogP contribution is -2.57. The van der Waals surface area contributed by atoms with Crippen LogP contribution in [0, 0.1) is 12.7 Å². The van der Waals surface area contributed by atoms with Gasteiger partial charge in [-0.3, -0.25) is 0 Å². The average molecular weight is 294 g/mol. The molecule has 2 unspecified atom stereocenters. The maximum Gasteiger partial charge on any atom is 0.331 e. The summed E-state index contributed by atoms with van der Waals surface area (Å²) in [5.74, 6) is -0.595. The normalized spacial score (nSPS) is 26.4. The van der Waals surface area contributed by atoms with Gasteiger partial charge in [-0.25, -0.2) is 9.18 Å². The number of nitrogens with one attached hydrogen (secondary N) is 1. The highest BCUT2D eigenvalue weighted by molar-refractivity contribution is 5.85. The van der Waals surface area contributed by atoms with Crippen LogP contribution in [0.1, 0.15) is 25.3 Å². The summed E-state index contributed by atoms with van der Waals surface area (Å²) in [6.45, 7) is 4.70. The van der Waals surface area contributed by atoms with Crippen molar-refractivity contribution in [1.82, 2.24) is 4.90 Å². The van der Waals surface area contributed by atoms with Gasteiger partial charge in [0, 0.05) is 18.3 Å². The number of anilines is 1. The van der Waals surface area contributed by atoms with E-state index in [1.165, 1.54) is 19.2 Å². The molecule has 116 valence electrons. The number of halogens is 1. The molecule has 0 aromatic heterocycles. The largest absolute Gasteiger partial charge is 0.467 e. The number of esters is 1. The van der Waals surface area contributed by atoms with Crippen molar-refractivity contribution >= 4 is 11.7 Å². The monoisotopic (exact) mass is 294 g/mol. The van der Waals surface area contributed by atoms with Crippen LogP contribution in [0.4, 0.5) is 10.1 Å². The van der Waals surface area contributed by atoms with Crippen molar-refractivity contribution < 1.29 is 13.9 Å². The Labute approximate surface area is 125 Å². The number of hydrogen-bond acceptors (Lipinski definition) is 4. The van der Waals surface area contributed by atoms with Crippen LogP contribution in [0.2, 0.25) is 0 Å². The number of nitrogens with zero attached hydrogens (tertiary/aromatic N) is 1. The third-order valence-corrected chi connectivity index (χ3v) is 4.29. The molecule has 0 amide bonds. The summed E-state index contributed by atoms with van der Waals surface area (Å²) in [6, 6.07) is 4.98. The minimum Gasteiger partial charge on any atom is -0.467 e. The smallest absolute Gasteiger partial charge is 0.331 e. The first kappa shape index (κ1) is 15.8. The minimum atomic E-state index is -0.791. The molecule has 0 saturated carbocycles. The van der Waals surface area contributed by atoms with Gasteiger partial charge in [0.15, 0.2) is 0 Å². The number of rotatable bonds is 3. The molecule has 1 saturated heterocycles. The molecule has 2 atom stereocenters. The summed E-state index contributed by atoms with van der Waals surface area (Å²) in [7, 11) is 3.43. The molecular weight excluding hydrogens is 271 g/mol. The molecule has 4 nitrogen and oxygen atoms in total. The quantitative estimate of drug-likeness (QED) is 0.870. The van der Waals surface area contributed by atoms with Gasteiger partial charge in [0.05, 0.1) is 7.11 Å². The van der Waals surface area contributed by atoms with Crippen molar-refractivity contribution in [2.24, 2.45) is 0 Å². The lowest BCUT2D eigenvalue weighted by Gasteiger charge is -2.43. The first-order chi connectivity index (χ1) is 9.86. The van der Waals surface area contributed by atoms with Gasteiger partial charge in [0.2, 0.25) is 0 Å². The van der Waals surface area contributed by atoms with Crippen LogP contribution in [0.15, 0.2) is 18.2 Å². The molecular formula is C16H23FN2O2. The van der Waals surface area contributed by atoms with Gasteiger partial charge >= 0.3 is 5.97 Å². The number of carbonyl (C=O) groups excluding carboxylic acids is 1. The van der Waals surface area contributed by atoms with Gasteiger partial charge in [-0.05, 0) is 57.5 Å². The maximum absolute atomic E-state index is 13.6. The zero-order valence-electron chi connectivity index (χ0n) is 13.1. The summed E-state index contributed by atoms with van der Waals surface area (Å²) in [5.41, 5.74) is 0.647. The summed E-state index contributed by atoms with van der Waals surface area (Å²) in [5, 5.41) is 3.24. The lowest BCUT2D eigenvalue weighted by atomic mass is 9.83. The first-order valence-corrected chi connectivity index (χ1v) is 7.20. The topological polar surface area (TPSA) is 41.6 Å². The highest BCUT2D eigenvalue weighted by atomic mass is 19.1. The standard InChI is InChI=1S/C16H23FN2O2/c1-11-7-13(17)9-14(8-11)18-16(15(20)21-4)5-6-19(3)12(2)10-16/h7-9,12,18H,5-6,10H2,1-4H3. The maximum atomic E-state index is 13.6. The van der Waals surface area contributed by atoms with Crippen molar-refractivity contribution in [2.75, 3.05) is 26.0 Å². The number of likely N-dealkylation sites (tertiary alicyclic amines) is 1. The predicted molar refractivity (Wildman–Crippen MR) is 80.8 cm³/mol. The van der Waals surface area contributed by atoms with E-state index in [-0.39, 0.29) is 17.8 Å². The molecule has 0 aliphatic carbocycles. The fraction of sp³-hybridized carbons (Fsp3) is 0.562. The zero-order chi connectivity index (χ0) is 15.6. The molecule has 1 aromatic carbocycles. The van der Waals surface area contributed by atoms with E-state index in [2.05, 4.69) is 17.1 Å². The second-order valence-electron chi connectivity index (χ2n) is 6.00. The first-order valence-electron chi connectivity index (χ1n) is 7.20. The van der Waals surface area contributed by atoms with Crippen molar-refractivity contribution in [3.8, 4) is 0 Å². The molecule has 2 rings (SSSR count). The van der Waals surface area contributed by atoms with Crippen LogP contribution in [-0.2, 0) is 9.53 Å². The van der Waals surface area contributed by atoms with E-state index < -0.39 is 5.54 Å². The molecule has 1 fully saturated rings. The zero-order valence-corrected chi connectivity index (χ0v) is 13.1. The Hall–Kier alpha value is -1.62. The number of benzene rings is 1. The van der Waals surface area contributed by atoms with E-state index in [4.69, 9.17) is 4.74 Å². The lowest BCUT2D eigenvalue weighted by molar-refractivity contribution is -0.148. The van der Waals surface area contributed by atoms with Crippen LogP contribution in [0.3, 0.4) is 0 Å².